The summed E-state index contributed by atoms with van der Waals surface area (Å²) < 4.78 is 5.87. The number of hydrogen-bond donors (Lipinski definition) is 2. The summed E-state index contributed by atoms with van der Waals surface area (Å²) in [5.74, 6) is -0.257. The zero-order valence-corrected chi connectivity index (χ0v) is 13.2. The van der Waals surface area contributed by atoms with Gasteiger partial charge in [-0.25, -0.2) is 4.79 Å². The molecule has 1 aromatic rings. The van der Waals surface area contributed by atoms with Gasteiger partial charge in [-0.2, -0.15) is 0 Å². The number of benzene rings is 1. The topological polar surface area (TPSA) is 70.7 Å². The van der Waals surface area contributed by atoms with Gasteiger partial charge in [-0.3, -0.25) is 9.69 Å². The molecule has 2 aliphatic rings. The van der Waals surface area contributed by atoms with Crippen LogP contribution in [0, 0.1) is 0 Å². The summed E-state index contributed by atoms with van der Waals surface area (Å²) in [5.41, 5.74) is 0.788. The number of urea groups is 1. The van der Waals surface area contributed by atoms with Crippen molar-refractivity contribution < 1.29 is 14.3 Å². The van der Waals surface area contributed by atoms with Crippen molar-refractivity contribution >= 4 is 35.1 Å². The van der Waals surface area contributed by atoms with Gasteiger partial charge >= 0.3 is 6.03 Å². The predicted molar refractivity (Wildman–Crippen MR) is 82.1 cm³/mol. The van der Waals surface area contributed by atoms with Crippen molar-refractivity contribution in [2.75, 3.05) is 26.2 Å². The number of amides is 3. The van der Waals surface area contributed by atoms with Crippen molar-refractivity contribution in [3.63, 3.8) is 0 Å². The third kappa shape index (κ3) is 2.92. The number of carbonyl (C=O) groups is 2. The van der Waals surface area contributed by atoms with Crippen LogP contribution in [0.5, 0.6) is 0 Å². The van der Waals surface area contributed by atoms with Gasteiger partial charge in [0.1, 0.15) is 6.10 Å². The molecule has 118 valence electrons. The smallest absolute Gasteiger partial charge is 0.324 e. The van der Waals surface area contributed by atoms with Crippen molar-refractivity contribution in [3.8, 4) is 0 Å². The van der Waals surface area contributed by atoms with Gasteiger partial charge in [-0.05, 0) is 17.7 Å². The molecule has 3 rings (SSSR count). The lowest BCUT2D eigenvalue weighted by Gasteiger charge is -2.31. The average Bonchev–Trinajstić information content (AvgIpc) is 2.71. The lowest BCUT2D eigenvalue weighted by Crippen LogP contribution is -2.48. The van der Waals surface area contributed by atoms with E-state index in [9.17, 15) is 9.59 Å². The van der Waals surface area contributed by atoms with Crippen LogP contribution >= 0.6 is 23.2 Å². The zero-order chi connectivity index (χ0) is 15.7. The van der Waals surface area contributed by atoms with Gasteiger partial charge in [-0.15, -0.1) is 0 Å². The Hall–Kier alpha value is -1.34. The molecule has 0 aromatic heterocycles. The Labute approximate surface area is 137 Å². The molecular formula is C14H15Cl2N3O3. The summed E-state index contributed by atoms with van der Waals surface area (Å²) in [5, 5.41) is 6.58. The van der Waals surface area contributed by atoms with E-state index in [1.807, 2.05) is 0 Å². The fourth-order valence-electron chi connectivity index (χ4n) is 2.73. The van der Waals surface area contributed by atoms with Crippen LogP contribution in [-0.2, 0) is 9.53 Å². The highest BCUT2D eigenvalue weighted by Crippen LogP contribution is 2.31. The van der Waals surface area contributed by atoms with E-state index in [4.69, 9.17) is 27.9 Å². The average molecular weight is 344 g/mol. The number of halogens is 2. The first kappa shape index (κ1) is 15.6. The molecule has 2 saturated heterocycles. The minimum Gasteiger partial charge on any atom is -0.370 e. The van der Waals surface area contributed by atoms with Crippen molar-refractivity contribution in [1.29, 1.82) is 0 Å². The van der Waals surface area contributed by atoms with Crippen molar-refractivity contribution in [2.24, 2.45) is 0 Å². The lowest BCUT2D eigenvalue weighted by atomic mass is 10.0. The number of carbonyl (C=O) groups excluding carboxylic acids is 2. The minimum atomic E-state index is -0.447. The maximum Gasteiger partial charge on any atom is 0.324 e. The molecule has 2 fully saturated rings. The molecular weight excluding hydrogens is 329 g/mol. The van der Waals surface area contributed by atoms with Gasteiger partial charge in [0.25, 0.3) is 0 Å². The van der Waals surface area contributed by atoms with Crippen LogP contribution in [-0.4, -0.2) is 49.1 Å². The Balaban J connectivity index is 1.95. The number of rotatable bonds is 2. The van der Waals surface area contributed by atoms with Crippen LogP contribution in [0.15, 0.2) is 18.2 Å². The highest BCUT2D eigenvalue weighted by molar-refractivity contribution is 6.42. The Morgan fingerprint density at radius 3 is 2.73 bits per heavy atom. The quantitative estimate of drug-likeness (QED) is 0.799. The zero-order valence-electron chi connectivity index (χ0n) is 11.6. The standard InChI is InChI=1S/C14H15Cl2N3O3/c15-9-2-1-8(5-10(9)16)13-11(6-17-3-4-22-13)19-12(20)7-18-14(19)21/h1-2,5,11,13,17H,3-4,6-7H2,(H,18,21)/t11-,13+/m1/s1. The summed E-state index contributed by atoms with van der Waals surface area (Å²) in [6.45, 7) is 1.61. The van der Waals surface area contributed by atoms with Crippen LogP contribution in [0.25, 0.3) is 0 Å². The second-order valence-corrected chi connectivity index (χ2v) is 5.97. The maximum absolute atomic E-state index is 12.0. The summed E-state index contributed by atoms with van der Waals surface area (Å²) in [6.07, 6.45) is -0.447. The van der Waals surface area contributed by atoms with Crippen LogP contribution in [0.2, 0.25) is 10.0 Å². The van der Waals surface area contributed by atoms with Crippen LogP contribution in [0.3, 0.4) is 0 Å². The number of imide groups is 1. The monoisotopic (exact) mass is 343 g/mol. The molecule has 0 saturated carbocycles. The Morgan fingerprint density at radius 2 is 2.05 bits per heavy atom. The summed E-state index contributed by atoms with van der Waals surface area (Å²) in [6, 6.07) is 4.37. The summed E-state index contributed by atoms with van der Waals surface area (Å²) >= 11 is 12.0. The van der Waals surface area contributed by atoms with Gasteiger partial charge in [0.2, 0.25) is 5.91 Å². The molecule has 2 heterocycles. The van der Waals surface area contributed by atoms with E-state index < -0.39 is 18.2 Å². The van der Waals surface area contributed by atoms with E-state index in [1.54, 1.807) is 18.2 Å². The minimum absolute atomic E-state index is 0.0173. The first-order valence-electron chi connectivity index (χ1n) is 6.95. The molecule has 1 aromatic carbocycles. The molecule has 0 unspecified atom stereocenters. The number of nitrogens with one attached hydrogen (secondary N) is 2. The van der Waals surface area contributed by atoms with Gasteiger partial charge in [0.15, 0.2) is 0 Å². The first-order valence-corrected chi connectivity index (χ1v) is 7.70. The highest BCUT2D eigenvalue weighted by atomic mass is 35.5. The van der Waals surface area contributed by atoms with E-state index in [2.05, 4.69) is 10.6 Å². The van der Waals surface area contributed by atoms with Gasteiger partial charge in [0.05, 0.1) is 29.2 Å². The molecule has 3 amide bonds. The van der Waals surface area contributed by atoms with E-state index in [0.717, 1.165) is 5.56 Å². The van der Waals surface area contributed by atoms with Gasteiger partial charge < -0.3 is 15.4 Å². The molecule has 0 spiro atoms. The summed E-state index contributed by atoms with van der Waals surface area (Å²) in [4.78, 5) is 25.2. The molecule has 0 aliphatic carbocycles. The maximum atomic E-state index is 12.0. The molecule has 0 bridgehead atoms. The van der Waals surface area contributed by atoms with Crippen molar-refractivity contribution in [3.05, 3.63) is 33.8 Å². The second-order valence-electron chi connectivity index (χ2n) is 5.16. The van der Waals surface area contributed by atoms with Crippen LogP contribution < -0.4 is 10.6 Å². The normalized spacial score (nSPS) is 26.0. The van der Waals surface area contributed by atoms with E-state index in [0.29, 0.717) is 29.7 Å². The van der Waals surface area contributed by atoms with E-state index in [-0.39, 0.29) is 12.5 Å². The Bertz CT molecular complexity index is 595. The van der Waals surface area contributed by atoms with Crippen LogP contribution in [0.4, 0.5) is 4.79 Å². The molecule has 2 N–H and O–H groups in total. The molecule has 0 radical (unpaired) electrons. The van der Waals surface area contributed by atoms with E-state index >= 15 is 0 Å². The Morgan fingerprint density at radius 1 is 1.23 bits per heavy atom. The fraction of sp³-hybridized carbons (Fsp3) is 0.429. The largest absolute Gasteiger partial charge is 0.370 e. The molecule has 2 aliphatic heterocycles. The fourth-order valence-corrected chi connectivity index (χ4v) is 3.04. The molecule has 22 heavy (non-hydrogen) atoms. The highest BCUT2D eigenvalue weighted by Gasteiger charge is 2.40. The SMILES string of the molecule is O=C1CNC(=O)N1[C@@H]1CNCCO[C@H]1c1ccc(Cl)c(Cl)c1. The number of nitrogens with zero attached hydrogens (tertiary/aromatic N) is 1. The molecule has 6 nitrogen and oxygen atoms in total. The summed E-state index contributed by atoms with van der Waals surface area (Å²) in [7, 11) is 0. The van der Waals surface area contributed by atoms with Gasteiger partial charge in [-0.1, -0.05) is 29.3 Å². The molecule has 2 atom stereocenters. The van der Waals surface area contributed by atoms with Crippen molar-refractivity contribution in [2.45, 2.75) is 12.1 Å². The molecule has 8 heteroatoms. The van der Waals surface area contributed by atoms with Gasteiger partial charge in [0, 0.05) is 13.1 Å². The van der Waals surface area contributed by atoms with Crippen molar-refractivity contribution in [1.82, 2.24) is 15.5 Å². The second kappa shape index (κ2) is 6.42. The van der Waals surface area contributed by atoms with Crippen LogP contribution in [0.1, 0.15) is 11.7 Å². The third-order valence-electron chi connectivity index (χ3n) is 3.76. The predicted octanol–water partition coefficient (Wildman–Crippen LogP) is 1.57. The third-order valence-corrected chi connectivity index (χ3v) is 4.50. The number of ether oxygens (including phenoxy) is 1. The Kier molecular flexibility index (Phi) is 4.54. The first-order chi connectivity index (χ1) is 10.6. The number of hydrogen-bond acceptors (Lipinski definition) is 4. The van der Waals surface area contributed by atoms with E-state index in [1.165, 1.54) is 4.90 Å². The lowest BCUT2D eigenvalue weighted by molar-refractivity contribution is -0.128.